The van der Waals surface area contributed by atoms with Crippen LogP contribution in [0.1, 0.15) is 11.3 Å². The van der Waals surface area contributed by atoms with Gasteiger partial charge < -0.3 is 15.4 Å². The molecule has 112 valence electrons. The molecule has 2 rings (SSSR count). The second-order valence-electron chi connectivity index (χ2n) is 4.62. The molecule has 0 bridgehead atoms. The molecule has 1 aromatic heterocycles. The molecular formula is C16H20N2O2S. The lowest BCUT2D eigenvalue weighted by molar-refractivity contribution is -0.121. The van der Waals surface area contributed by atoms with Crippen LogP contribution >= 0.6 is 11.3 Å². The van der Waals surface area contributed by atoms with Crippen molar-refractivity contribution in [2.45, 2.75) is 13.0 Å². The van der Waals surface area contributed by atoms with Crippen molar-refractivity contribution in [3.63, 3.8) is 0 Å². The average molecular weight is 304 g/mol. The predicted molar refractivity (Wildman–Crippen MR) is 86.7 cm³/mol. The van der Waals surface area contributed by atoms with Crippen molar-refractivity contribution < 1.29 is 9.53 Å². The van der Waals surface area contributed by atoms with E-state index in [1.807, 2.05) is 31.3 Å². The van der Waals surface area contributed by atoms with Gasteiger partial charge in [0.1, 0.15) is 5.75 Å². The summed E-state index contributed by atoms with van der Waals surface area (Å²) < 4.78 is 5.16. The number of benzene rings is 1. The Morgan fingerprint density at radius 2 is 1.95 bits per heavy atom. The lowest BCUT2D eigenvalue weighted by Gasteiger charge is -2.03. The highest BCUT2D eigenvalue weighted by molar-refractivity contribution is 7.15. The minimum Gasteiger partial charge on any atom is -0.497 e. The van der Waals surface area contributed by atoms with E-state index in [0.717, 1.165) is 16.2 Å². The van der Waals surface area contributed by atoms with Crippen molar-refractivity contribution in [3.05, 3.63) is 41.3 Å². The smallest absolute Gasteiger partial charge is 0.221 e. The summed E-state index contributed by atoms with van der Waals surface area (Å²) in [5, 5.41) is 5.89. The van der Waals surface area contributed by atoms with E-state index in [4.69, 9.17) is 4.74 Å². The molecule has 0 aliphatic carbocycles. The Hall–Kier alpha value is -1.85. The minimum atomic E-state index is 0.0729. The maximum atomic E-state index is 11.6. The molecular weight excluding hydrogens is 284 g/mol. The van der Waals surface area contributed by atoms with Crippen molar-refractivity contribution in [3.8, 4) is 16.2 Å². The minimum absolute atomic E-state index is 0.0729. The first kappa shape index (κ1) is 15.5. The standard InChI is InChI=1S/C16H20N2O2S/c1-17-10-9-16(19)18-11-14-7-8-15(21-14)12-3-5-13(20-2)6-4-12/h3-8,17H,9-11H2,1-2H3,(H,18,19). The van der Waals surface area contributed by atoms with Gasteiger partial charge in [0.25, 0.3) is 0 Å². The van der Waals surface area contributed by atoms with E-state index < -0.39 is 0 Å². The fraction of sp³-hybridized carbons (Fsp3) is 0.312. The van der Waals surface area contributed by atoms with Crippen LogP contribution in [0, 0.1) is 0 Å². The molecule has 0 fully saturated rings. The Balaban J connectivity index is 1.92. The number of nitrogens with one attached hydrogen (secondary N) is 2. The van der Waals surface area contributed by atoms with E-state index >= 15 is 0 Å². The normalized spacial score (nSPS) is 10.4. The SMILES string of the molecule is CNCCC(=O)NCc1ccc(-c2ccc(OC)cc2)s1. The highest BCUT2D eigenvalue weighted by Gasteiger charge is 2.05. The fourth-order valence-corrected chi connectivity index (χ4v) is 2.85. The summed E-state index contributed by atoms with van der Waals surface area (Å²) in [5.41, 5.74) is 1.16. The topological polar surface area (TPSA) is 50.4 Å². The van der Waals surface area contributed by atoms with Crippen molar-refractivity contribution >= 4 is 17.2 Å². The van der Waals surface area contributed by atoms with E-state index in [1.54, 1.807) is 18.4 Å². The molecule has 0 aliphatic heterocycles. The number of amides is 1. The Morgan fingerprint density at radius 3 is 2.62 bits per heavy atom. The highest BCUT2D eigenvalue weighted by atomic mass is 32.1. The molecule has 0 saturated heterocycles. The summed E-state index contributed by atoms with van der Waals surface area (Å²) >= 11 is 1.69. The molecule has 2 N–H and O–H groups in total. The second-order valence-corrected chi connectivity index (χ2v) is 5.79. The van der Waals surface area contributed by atoms with Crippen LogP contribution in [0.5, 0.6) is 5.75 Å². The van der Waals surface area contributed by atoms with Gasteiger partial charge in [-0.05, 0) is 49.0 Å². The third-order valence-electron chi connectivity index (χ3n) is 3.10. The van der Waals surface area contributed by atoms with Crippen LogP contribution in [0.25, 0.3) is 10.4 Å². The zero-order valence-corrected chi connectivity index (χ0v) is 13.1. The average Bonchev–Trinajstić information content (AvgIpc) is 3.00. The fourth-order valence-electron chi connectivity index (χ4n) is 1.90. The number of carbonyl (C=O) groups is 1. The summed E-state index contributed by atoms with van der Waals surface area (Å²) in [6.07, 6.45) is 0.507. The van der Waals surface area contributed by atoms with Gasteiger partial charge in [0.05, 0.1) is 13.7 Å². The molecule has 2 aromatic rings. The van der Waals surface area contributed by atoms with Crippen LogP contribution in [0.3, 0.4) is 0 Å². The highest BCUT2D eigenvalue weighted by Crippen LogP contribution is 2.29. The first-order chi connectivity index (χ1) is 10.2. The van der Waals surface area contributed by atoms with Crippen molar-refractivity contribution in [1.82, 2.24) is 10.6 Å². The van der Waals surface area contributed by atoms with Gasteiger partial charge in [0.2, 0.25) is 5.91 Å². The van der Waals surface area contributed by atoms with Gasteiger partial charge in [-0.25, -0.2) is 0 Å². The summed E-state index contributed by atoms with van der Waals surface area (Å²) in [5.74, 6) is 0.927. The number of methoxy groups -OCH3 is 1. The van der Waals surface area contributed by atoms with Crippen LogP contribution in [-0.4, -0.2) is 26.6 Å². The Kier molecular flexibility index (Phi) is 5.78. The number of hydrogen-bond acceptors (Lipinski definition) is 4. The van der Waals surface area contributed by atoms with Gasteiger partial charge in [0.15, 0.2) is 0 Å². The van der Waals surface area contributed by atoms with Gasteiger partial charge in [-0.1, -0.05) is 0 Å². The predicted octanol–water partition coefficient (Wildman–Crippen LogP) is 2.65. The number of hydrogen-bond donors (Lipinski definition) is 2. The molecule has 21 heavy (non-hydrogen) atoms. The third-order valence-corrected chi connectivity index (χ3v) is 4.23. The van der Waals surface area contributed by atoms with Crippen molar-refractivity contribution in [2.75, 3.05) is 20.7 Å². The lowest BCUT2D eigenvalue weighted by Crippen LogP contribution is -2.25. The molecule has 1 heterocycles. The first-order valence-electron chi connectivity index (χ1n) is 6.87. The van der Waals surface area contributed by atoms with Gasteiger partial charge in [-0.3, -0.25) is 4.79 Å². The number of rotatable bonds is 7. The zero-order valence-electron chi connectivity index (χ0n) is 12.3. The van der Waals surface area contributed by atoms with Gasteiger partial charge in [0, 0.05) is 22.7 Å². The van der Waals surface area contributed by atoms with Gasteiger partial charge in [-0.15, -0.1) is 11.3 Å². The van der Waals surface area contributed by atoms with Crippen molar-refractivity contribution in [2.24, 2.45) is 0 Å². The van der Waals surface area contributed by atoms with E-state index in [9.17, 15) is 4.79 Å². The van der Waals surface area contributed by atoms with Crippen LogP contribution in [0.4, 0.5) is 0 Å². The number of carbonyl (C=O) groups excluding carboxylic acids is 1. The summed E-state index contributed by atoms with van der Waals surface area (Å²) in [4.78, 5) is 13.9. The quantitative estimate of drug-likeness (QED) is 0.827. The molecule has 1 aromatic carbocycles. The second kappa shape index (κ2) is 7.81. The largest absolute Gasteiger partial charge is 0.497 e. The molecule has 0 saturated carbocycles. The maximum absolute atomic E-state index is 11.6. The molecule has 0 spiro atoms. The monoisotopic (exact) mass is 304 g/mol. The van der Waals surface area contributed by atoms with Crippen LogP contribution in [-0.2, 0) is 11.3 Å². The third kappa shape index (κ3) is 4.58. The van der Waals surface area contributed by atoms with Gasteiger partial charge in [-0.2, -0.15) is 0 Å². The molecule has 0 atom stereocenters. The van der Waals surface area contributed by atoms with E-state index in [1.165, 1.54) is 4.88 Å². The van der Waals surface area contributed by atoms with Crippen molar-refractivity contribution in [1.29, 1.82) is 0 Å². The Bertz CT molecular complexity index is 578. The van der Waals surface area contributed by atoms with Crippen LogP contribution < -0.4 is 15.4 Å². The molecule has 1 amide bonds. The van der Waals surface area contributed by atoms with Crippen LogP contribution in [0.2, 0.25) is 0 Å². The van der Waals surface area contributed by atoms with Gasteiger partial charge >= 0.3 is 0 Å². The molecule has 4 nitrogen and oxygen atoms in total. The lowest BCUT2D eigenvalue weighted by atomic mass is 10.2. The Morgan fingerprint density at radius 1 is 1.19 bits per heavy atom. The first-order valence-corrected chi connectivity index (χ1v) is 7.69. The van der Waals surface area contributed by atoms with E-state index in [2.05, 4.69) is 22.8 Å². The van der Waals surface area contributed by atoms with E-state index in [0.29, 0.717) is 19.5 Å². The Labute approximate surface area is 129 Å². The molecule has 5 heteroatoms. The number of ether oxygens (including phenoxy) is 1. The zero-order chi connectivity index (χ0) is 15.1. The van der Waals surface area contributed by atoms with E-state index in [-0.39, 0.29) is 5.91 Å². The molecule has 0 unspecified atom stereocenters. The maximum Gasteiger partial charge on any atom is 0.221 e. The molecule has 0 radical (unpaired) electrons. The summed E-state index contributed by atoms with van der Waals surface area (Å²) in [6.45, 7) is 1.29. The molecule has 0 aliphatic rings. The number of thiophene rings is 1. The summed E-state index contributed by atoms with van der Waals surface area (Å²) in [6, 6.07) is 12.1. The summed E-state index contributed by atoms with van der Waals surface area (Å²) in [7, 11) is 3.50. The van der Waals surface area contributed by atoms with Crippen LogP contribution in [0.15, 0.2) is 36.4 Å².